The summed E-state index contributed by atoms with van der Waals surface area (Å²) < 4.78 is 0. The SMILES string of the molecule is CCc1n[nH]c(Cc2cccnc2)n1. The first-order valence-electron chi connectivity index (χ1n) is 4.67. The van der Waals surface area contributed by atoms with Crippen LogP contribution in [0.5, 0.6) is 0 Å². The molecule has 1 N–H and O–H groups in total. The lowest BCUT2D eigenvalue weighted by molar-refractivity contribution is 0.941. The van der Waals surface area contributed by atoms with Crippen molar-refractivity contribution in [1.29, 1.82) is 0 Å². The van der Waals surface area contributed by atoms with Crippen molar-refractivity contribution >= 4 is 0 Å². The molecule has 2 rings (SSSR count). The van der Waals surface area contributed by atoms with Gasteiger partial charge in [-0.15, -0.1) is 0 Å². The fourth-order valence-corrected chi connectivity index (χ4v) is 1.27. The van der Waals surface area contributed by atoms with E-state index in [2.05, 4.69) is 20.2 Å². The molecule has 0 radical (unpaired) electrons. The van der Waals surface area contributed by atoms with Gasteiger partial charge in [-0.05, 0) is 11.6 Å². The second kappa shape index (κ2) is 4.00. The number of aromatic nitrogens is 4. The minimum atomic E-state index is 0.765. The van der Waals surface area contributed by atoms with Crippen molar-refractivity contribution in [2.45, 2.75) is 19.8 Å². The van der Waals surface area contributed by atoms with Crippen molar-refractivity contribution in [2.75, 3.05) is 0 Å². The van der Waals surface area contributed by atoms with Crippen molar-refractivity contribution < 1.29 is 0 Å². The summed E-state index contributed by atoms with van der Waals surface area (Å²) in [5.74, 6) is 1.76. The third kappa shape index (κ3) is 1.96. The molecule has 0 aliphatic carbocycles. The van der Waals surface area contributed by atoms with Gasteiger partial charge in [-0.3, -0.25) is 10.1 Å². The first-order chi connectivity index (χ1) is 6.88. The van der Waals surface area contributed by atoms with Crippen LogP contribution in [0.2, 0.25) is 0 Å². The maximum Gasteiger partial charge on any atom is 0.150 e. The average Bonchev–Trinajstić information content (AvgIpc) is 2.67. The zero-order chi connectivity index (χ0) is 9.80. The van der Waals surface area contributed by atoms with E-state index in [4.69, 9.17) is 0 Å². The molecule has 0 spiro atoms. The molecule has 0 aliphatic heterocycles. The van der Waals surface area contributed by atoms with E-state index in [0.717, 1.165) is 30.1 Å². The molecular formula is C10H12N4. The molecule has 0 aromatic carbocycles. The van der Waals surface area contributed by atoms with Gasteiger partial charge in [-0.1, -0.05) is 13.0 Å². The Kier molecular flexibility index (Phi) is 2.53. The molecule has 2 aromatic heterocycles. The topological polar surface area (TPSA) is 54.5 Å². The fraction of sp³-hybridized carbons (Fsp3) is 0.300. The summed E-state index contributed by atoms with van der Waals surface area (Å²) in [5, 5.41) is 6.99. The second-order valence-corrected chi connectivity index (χ2v) is 3.09. The Balaban J connectivity index is 2.11. The van der Waals surface area contributed by atoms with Gasteiger partial charge in [0, 0.05) is 25.2 Å². The molecule has 2 aromatic rings. The Labute approximate surface area is 82.4 Å². The largest absolute Gasteiger partial charge is 0.264 e. The first kappa shape index (κ1) is 8.87. The van der Waals surface area contributed by atoms with Gasteiger partial charge in [0.05, 0.1) is 0 Å². The predicted molar refractivity (Wildman–Crippen MR) is 52.8 cm³/mol. The molecule has 0 aliphatic rings. The van der Waals surface area contributed by atoms with Gasteiger partial charge in [0.25, 0.3) is 0 Å². The molecular weight excluding hydrogens is 176 g/mol. The molecule has 0 bridgehead atoms. The van der Waals surface area contributed by atoms with Crippen LogP contribution in [0.15, 0.2) is 24.5 Å². The highest BCUT2D eigenvalue weighted by Crippen LogP contribution is 2.03. The zero-order valence-electron chi connectivity index (χ0n) is 8.07. The van der Waals surface area contributed by atoms with Gasteiger partial charge >= 0.3 is 0 Å². The summed E-state index contributed by atoms with van der Waals surface area (Å²) in [6.07, 6.45) is 5.24. The van der Waals surface area contributed by atoms with Crippen molar-refractivity contribution in [3.63, 3.8) is 0 Å². The van der Waals surface area contributed by atoms with Crippen LogP contribution in [0.25, 0.3) is 0 Å². The highest BCUT2D eigenvalue weighted by Gasteiger charge is 2.01. The van der Waals surface area contributed by atoms with Crippen LogP contribution in [0.1, 0.15) is 24.1 Å². The molecule has 72 valence electrons. The number of pyridine rings is 1. The average molecular weight is 188 g/mol. The summed E-state index contributed by atoms with van der Waals surface area (Å²) in [7, 11) is 0. The Morgan fingerprint density at radius 1 is 1.43 bits per heavy atom. The molecule has 0 unspecified atom stereocenters. The number of nitrogens with zero attached hydrogens (tertiary/aromatic N) is 3. The standard InChI is InChI=1S/C10H12N4/c1-2-9-12-10(14-13-9)6-8-4-3-5-11-7-8/h3-5,7H,2,6H2,1H3,(H,12,13,14). The third-order valence-corrected chi connectivity index (χ3v) is 1.99. The molecule has 2 heterocycles. The van der Waals surface area contributed by atoms with E-state index in [1.54, 1.807) is 6.20 Å². The smallest absolute Gasteiger partial charge is 0.150 e. The monoisotopic (exact) mass is 188 g/mol. The molecule has 4 heteroatoms. The summed E-state index contributed by atoms with van der Waals surface area (Å²) >= 11 is 0. The van der Waals surface area contributed by atoms with E-state index in [-0.39, 0.29) is 0 Å². The van der Waals surface area contributed by atoms with Crippen LogP contribution in [-0.2, 0) is 12.8 Å². The minimum absolute atomic E-state index is 0.765. The van der Waals surface area contributed by atoms with Gasteiger partial charge in [0.15, 0.2) is 0 Å². The van der Waals surface area contributed by atoms with E-state index in [9.17, 15) is 0 Å². The highest BCUT2D eigenvalue weighted by atomic mass is 15.2. The van der Waals surface area contributed by atoms with E-state index < -0.39 is 0 Å². The van der Waals surface area contributed by atoms with Crippen molar-refractivity contribution in [1.82, 2.24) is 20.2 Å². The summed E-state index contributed by atoms with van der Waals surface area (Å²) in [6.45, 7) is 2.04. The van der Waals surface area contributed by atoms with E-state index >= 15 is 0 Å². The number of hydrogen-bond donors (Lipinski definition) is 1. The lowest BCUT2D eigenvalue weighted by atomic mass is 10.2. The van der Waals surface area contributed by atoms with E-state index in [1.165, 1.54) is 0 Å². The lowest BCUT2D eigenvalue weighted by Gasteiger charge is -1.94. The van der Waals surface area contributed by atoms with Crippen molar-refractivity contribution in [3.8, 4) is 0 Å². The van der Waals surface area contributed by atoms with Crippen LogP contribution in [0, 0.1) is 0 Å². The van der Waals surface area contributed by atoms with Gasteiger partial charge in [0.2, 0.25) is 0 Å². The maximum absolute atomic E-state index is 4.33. The Bertz CT molecular complexity index is 394. The van der Waals surface area contributed by atoms with Crippen LogP contribution in [0.3, 0.4) is 0 Å². The highest BCUT2D eigenvalue weighted by molar-refractivity contribution is 5.13. The number of nitrogens with one attached hydrogen (secondary N) is 1. The summed E-state index contributed by atoms with van der Waals surface area (Å²) in [5.41, 5.74) is 1.14. The Morgan fingerprint density at radius 3 is 3.00 bits per heavy atom. The molecule has 0 saturated heterocycles. The van der Waals surface area contributed by atoms with Crippen LogP contribution in [0.4, 0.5) is 0 Å². The van der Waals surface area contributed by atoms with Crippen LogP contribution in [-0.4, -0.2) is 20.2 Å². The Hall–Kier alpha value is -1.71. The molecule has 14 heavy (non-hydrogen) atoms. The number of rotatable bonds is 3. The summed E-state index contributed by atoms with van der Waals surface area (Å²) in [4.78, 5) is 8.38. The molecule has 0 fully saturated rings. The van der Waals surface area contributed by atoms with E-state index in [0.29, 0.717) is 0 Å². The van der Waals surface area contributed by atoms with E-state index in [1.807, 2.05) is 25.3 Å². The van der Waals surface area contributed by atoms with Gasteiger partial charge in [-0.25, -0.2) is 4.98 Å². The predicted octanol–water partition coefficient (Wildman–Crippen LogP) is 1.35. The third-order valence-electron chi connectivity index (χ3n) is 1.99. The van der Waals surface area contributed by atoms with Crippen molar-refractivity contribution in [2.24, 2.45) is 0 Å². The number of aryl methyl sites for hydroxylation is 1. The normalized spacial score (nSPS) is 10.4. The number of H-pyrrole nitrogens is 1. The van der Waals surface area contributed by atoms with Gasteiger partial charge in [-0.2, -0.15) is 5.10 Å². The van der Waals surface area contributed by atoms with Crippen LogP contribution >= 0.6 is 0 Å². The first-order valence-corrected chi connectivity index (χ1v) is 4.67. The quantitative estimate of drug-likeness (QED) is 0.791. The van der Waals surface area contributed by atoms with Crippen molar-refractivity contribution in [3.05, 3.63) is 41.7 Å². The minimum Gasteiger partial charge on any atom is -0.264 e. The fourth-order valence-electron chi connectivity index (χ4n) is 1.27. The molecule has 0 atom stereocenters. The van der Waals surface area contributed by atoms with Crippen LogP contribution < -0.4 is 0 Å². The summed E-state index contributed by atoms with van der Waals surface area (Å²) in [6, 6.07) is 3.95. The maximum atomic E-state index is 4.33. The number of hydrogen-bond acceptors (Lipinski definition) is 3. The van der Waals surface area contributed by atoms with Gasteiger partial charge < -0.3 is 0 Å². The number of aromatic amines is 1. The molecule has 0 saturated carbocycles. The lowest BCUT2D eigenvalue weighted by Crippen LogP contribution is -1.91. The second-order valence-electron chi connectivity index (χ2n) is 3.09. The Morgan fingerprint density at radius 2 is 2.36 bits per heavy atom. The molecule has 4 nitrogen and oxygen atoms in total. The zero-order valence-corrected chi connectivity index (χ0v) is 8.07. The molecule has 0 amide bonds. The van der Waals surface area contributed by atoms with Gasteiger partial charge in [0.1, 0.15) is 11.6 Å².